The first-order valence-electron chi connectivity index (χ1n) is 8.13. The fourth-order valence-electron chi connectivity index (χ4n) is 3.53. The van der Waals surface area contributed by atoms with Crippen LogP contribution < -0.4 is 14.4 Å². The highest BCUT2D eigenvalue weighted by molar-refractivity contribution is 5.65. The summed E-state index contributed by atoms with van der Waals surface area (Å²) in [6.45, 7) is 1.93. The molecular formula is C18H18N2O4. The Morgan fingerprint density at radius 3 is 2.71 bits per heavy atom. The van der Waals surface area contributed by atoms with E-state index in [9.17, 15) is 10.1 Å². The van der Waals surface area contributed by atoms with Crippen LogP contribution in [0.5, 0.6) is 11.5 Å². The van der Waals surface area contributed by atoms with Crippen LogP contribution in [0.1, 0.15) is 24.4 Å². The van der Waals surface area contributed by atoms with Crippen LogP contribution in [0, 0.1) is 10.1 Å². The molecule has 1 unspecified atom stereocenters. The van der Waals surface area contributed by atoms with Gasteiger partial charge < -0.3 is 14.4 Å². The molecule has 0 N–H and O–H groups in total. The third-order valence-corrected chi connectivity index (χ3v) is 4.59. The summed E-state index contributed by atoms with van der Waals surface area (Å²) >= 11 is 0. The summed E-state index contributed by atoms with van der Waals surface area (Å²) in [5, 5.41) is 11.4. The molecular weight excluding hydrogens is 308 g/mol. The summed E-state index contributed by atoms with van der Waals surface area (Å²) < 4.78 is 11.3. The maximum Gasteiger partial charge on any atom is 0.292 e. The van der Waals surface area contributed by atoms with Crippen molar-refractivity contribution in [1.82, 2.24) is 0 Å². The first kappa shape index (κ1) is 14.8. The largest absolute Gasteiger partial charge is 0.486 e. The third-order valence-electron chi connectivity index (χ3n) is 4.59. The Balaban J connectivity index is 1.70. The predicted molar refractivity (Wildman–Crippen MR) is 89.8 cm³/mol. The van der Waals surface area contributed by atoms with Crippen LogP contribution in [0.4, 0.5) is 11.4 Å². The second-order valence-corrected chi connectivity index (χ2v) is 6.00. The van der Waals surface area contributed by atoms with Gasteiger partial charge in [0.15, 0.2) is 11.5 Å². The molecule has 0 saturated carbocycles. The van der Waals surface area contributed by atoms with E-state index in [1.54, 1.807) is 12.1 Å². The summed E-state index contributed by atoms with van der Waals surface area (Å²) in [6, 6.07) is 13.0. The number of benzene rings is 2. The Morgan fingerprint density at radius 2 is 1.88 bits per heavy atom. The SMILES string of the molecule is O=[N+]([O-])c1ccccc1N1CCCC1c1ccc2c(c1)OCCO2. The molecule has 6 nitrogen and oxygen atoms in total. The van der Waals surface area contributed by atoms with Gasteiger partial charge in [-0.1, -0.05) is 18.2 Å². The number of hydrogen-bond acceptors (Lipinski definition) is 5. The first-order chi connectivity index (χ1) is 11.7. The van der Waals surface area contributed by atoms with Gasteiger partial charge in [0.1, 0.15) is 18.9 Å². The summed E-state index contributed by atoms with van der Waals surface area (Å²) in [7, 11) is 0. The second kappa shape index (κ2) is 6.03. The van der Waals surface area contributed by atoms with Gasteiger partial charge in [-0.3, -0.25) is 10.1 Å². The molecule has 4 rings (SSSR count). The van der Waals surface area contributed by atoms with Gasteiger partial charge in [0.05, 0.1) is 11.0 Å². The van der Waals surface area contributed by atoms with Crippen molar-refractivity contribution in [1.29, 1.82) is 0 Å². The zero-order valence-electron chi connectivity index (χ0n) is 13.2. The number of para-hydroxylation sites is 2. The third kappa shape index (κ3) is 2.54. The van der Waals surface area contributed by atoms with Gasteiger partial charge in [-0.05, 0) is 36.6 Å². The molecule has 1 fully saturated rings. The van der Waals surface area contributed by atoms with E-state index in [1.165, 1.54) is 0 Å². The van der Waals surface area contributed by atoms with Crippen LogP contribution in [0.15, 0.2) is 42.5 Å². The van der Waals surface area contributed by atoms with Gasteiger partial charge in [-0.2, -0.15) is 0 Å². The van der Waals surface area contributed by atoms with Crippen molar-refractivity contribution in [3.8, 4) is 11.5 Å². The van der Waals surface area contributed by atoms with Gasteiger partial charge in [0.25, 0.3) is 5.69 Å². The van der Waals surface area contributed by atoms with Gasteiger partial charge in [-0.15, -0.1) is 0 Å². The quantitative estimate of drug-likeness (QED) is 0.635. The number of rotatable bonds is 3. The molecule has 0 radical (unpaired) electrons. The predicted octanol–water partition coefficient (Wildman–Crippen LogP) is 3.71. The van der Waals surface area contributed by atoms with E-state index in [1.807, 2.05) is 30.3 Å². The first-order valence-corrected chi connectivity index (χ1v) is 8.13. The zero-order valence-corrected chi connectivity index (χ0v) is 13.2. The molecule has 0 aliphatic carbocycles. The summed E-state index contributed by atoms with van der Waals surface area (Å²) in [6.07, 6.45) is 1.97. The maximum absolute atomic E-state index is 11.4. The minimum Gasteiger partial charge on any atom is -0.486 e. The number of hydrogen-bond donors (Lipinski definition) is 0. The standard InChI is InChI=1S/C18H18N2O4/c21-20(22)16-5-2-1-4-15(16)19-9-3-6-14(19)13-7-8-17-18(12-13)24-11-10-23-17/h1-2,4-5,7-8,12,14H,3,6,9-11H2. The average Bonchev–Trinajstić information content (AvgIpc) is 3.11. The smallest absolute Gasteiger partial charge is 0.292 e. The zero-order chi connectivity index (χ0) is 16.5. The molecule has 2 aliphatic rings. The lowest BCUT2D eigenvalue weighted by Crippen LogP contribution is -2.23. The normalized spacial score (nSPS) is 19.3. The van der Waals surface area contributed by atoms with Crippen LogP contribution in [-0.4, -0.2) is 24.7 Å². The van der Waals surface area contributed by atoms with Crippen LogP contribution in [0.2, 0.25) is 0 Å². The Hall–Kier alpha value is -2.76. The molecule has 0 amide bonds. The number of nitro groups is 1. The molecule has 124 valence electrons. The highest BCUT2D eigenvalue weighted by Gasteiger charge is 2.31. The minimum absolute atomic E-state index is 0.113. The Kier molecular flexibility index (Phi) is 3.72. The topological polar surface area (TPSA) is 64.8 Å². The highest BCUT2D eigenvalue weighted by atomic mass is 16.6. The molecule has 6 heteroatoms. The molecule has 1 atom stereocenters. The average molecular weight is 326 g/mol. The molecule has 0 spiro atoms. The minimum atomic E-state index is -0.311. The summed E-state index contributed by atoms with van der Waals surface area (Å²) in [5.74, 6) is 1.52. The van der Waals surface area contributed by atoms with Crippen LogP contribution in [0.3, 0.4) is 0 Å². The summed E-state index contributed by atoms with van der Waals surface area (Å²) in [4.78, 5) is 13.2. The van der Waals surface area contributed by atoms with Crippen molar-refractivity contribution in [2.24, 2.45) is 0 Å². The second-order valence-electron chi connectivity index (χ2n) is 6.00. The Bertz CT molecular complexity index is 777. The molecule has 2 aliphatic heterocycles. The molecule has 2 heterocycles. The number of fused-ring (bicyclic) bond motifs is 1. The number of nitrogens with zero attached hydrogens (tertiary/aromatic N) is 2. The number of anilines is 1. The van der Waals surface area contributed by atoms with E-state index in [2.05, 4.69) is 4.90 Å². The van der Waals surface area contributed by atoms with Crippen molar-refractivity contribution < 1.29 is 14.4 Å². The molecule has 0 aromatic heterocycles. The van der Waals surface area contributed by atoms with E-state index in [0.29, 0.717) is 18.9 Å². The fourth-order valence-corrected chi connectivity index (χ4v) is 3.53. The van der Waals surface area contributed by atoms with Crippen LogP contribution in [-0.2, 0) is 0 Å². The monoisotopic (exact) mass is 326 g/mol. The highest BCUT2D eigenvalue weighted by Crippen LogP contribution is 2.42. The molecule has 2 aromatic rings. The van der Waals surface area contributed by atoms with E-state index in [-0.39, 0.29) is 16.7 Å². The molecule has 0 bridgehead atoms. The van der Waals surface area contributed by atoms with Gasteiger partial charge >= 0.3 is 0 Å². The van der Waals surface area contributed by atoms with E-state index in [4.69, 9.17) is 9.47 Å². The number of ether oxygens (including phenoxy) is 2. The van der Waals surface area contributed by atoms with Crippen molar-refractivity contribution >= 4 is 11.4 Å². The lowest BCUT2D eigenvalue weighted by atomic mass is 10.0. The van der Waals surface area contributed by atoms with Crippen molar-refractivity contribution in [2.75, 3.05) is 24.7 Å². The summed E-state index contributed by atoms with van der Waals surface area (Å²) in [5.41, 5.74) is 1.94. The van der Waals surface area contributed by atoms with Gasteiger partial charge in [-0.25, -0.2) is 0 Å². The molecule has 1 saturated heterocycles. The van der Waals surface area contributed by atoms with E-state index in [0.717, 1.165) is 36.4 Å². The molecule has 24 heavy (non-hydrogen) atoms. The lowest BCUT2D eigenvalue weighted by Gasteiger charge is -2.28. The van der Waals surface area contributed by atoms with Crippen molar-refractivity contribution in [2.45, 2.75) is 18.9 Å². The van der Waals surface area contributed by atoms with E-state index < -0.39 is 0 Å². The van der Waals surface area contributed by atoms with Gasteiger partial charge in [0, 0.05) is 12.6 Å². The maximum atomic E-state index is 11.4. The molecule has 2 aromatic carbocycles. The lowest BCUT2D eigenvalue weighted by molar-refractivity contribution is -0.384. The van der Waals surface area contributed by atoms with Crippen LogP contribution >= 0.6 is 0 Å². The van der Waals surface area contributed by atoms with Crippen molar-refractivity contribution in [3.05, 3.63) is 58.1 Å². The van der Waals surface area contributed by atoms with Crippen LogP contribution in [0.25, 0.3) is 0 Å². The number of nitro benzene ring substituents is 1. The van der Waals surface area contributed by atoms with Gasteiger partial charge in [0.2, 0.25) is 0 Å². The van der Waals surface area contributed by atoms with Crippen molar-refractivity contribution in [3.63, 3.8) is 0 Å². The Labute approximate surface area is 139 Å². The fraction of sp³-hybridized carbons (Fsp3) is 0.333. The Morgan fingerprint density at radius 1 is 1.08 bits per heavy atom. The van der Waals surface area contributed by atoms with E-state index >= 15 is 0 Å².